The first-order valence-electron chi connectivity index (χ1n) is 20.9. The van der Waals surface area contributed by atoms with Crippen LogP contribution in [0.5, 0.6) is 0 Å². The molecule has 0 amide bonds. The predicted molar refractivity (Wildman–Crippen MR) is 198 cm³/mol. The van der Waals surface area contributed by atoms with Crippen molar-refractivity contribution in [3.63, 3.8) is 0 Å². The molecule has 1 rings (SSSR count). The Balaban J connectivity index is 2.00. The topological polar surface area (TPSA) is 26.7 Å². The zero-order chi connectivity index (χ0) is 31.6. The lowest BCUT2D eigenvalue weighted by atomic mass is 10.0. The van der Waals surface area contributed by atoms with Crippen molar-refractivity contribution in [2.24, 2.45) is 0 Å². The number of rotatable bonds is 36. The van der Waals surface area contributed by atoms with Crippen LogP contribution >= 0.6 is 0 Å². The van der Waals surface area contributed by atoms with Gasteiger partial charge in [-0.1, -0.05) is 206 Å². The summed E-state index contributed by atoms with van der Waals surface area (Å²) in [5.74, 6) is 0. The highest BCUT2D eigenvalue weighted by Gasteiger charge is 2.30. The molecule has 1 fully saturated rings. The first-order chi connectivity index (χ1) is 21.8. The van der Waals surface area contributed by atoms with E-state index in [-0.39, 0.29) is 0 Å². The number of unbranched alkanes of at least 4 members (excludes halogenated alkanes) is 29. The van der Waals surface area contributed by atoms with Crippen LogP contribution in [0.1, 0.15) is 226 Å². The van der Waals surface area contributed by atoms with Crippen molar-refractivity contribution in [3.8, 4) is 0 Å². The third-order valence-corrected chi connectivity index (χ3v) is 10.5. The van der Waals surface area contributed by atoms with Crippen molar-refractivity contribution in [2.45, 2.75) is 232 Å². The Bertz CT molecular complexity index is 541. The monoisotopic (exact) mass is 621 g/mol. The van der Waals surface area contributed by atoms with Gasteiger partial charge in [0.2, 0.25) is 0 Å². The first-order valence-corrected chi connectivity index (χ1v) is 20.9. The van der Waals surface area contributed by atoms with E-state index in [0.29, 0.717) is 12.8 Å². The van der Waals surface area contributed by atoms with Crippen LogP contribution in [0.25, 0.3) is 0 Å². The molecule has 0 spiro atoms. The minimum atomic E-state index is 0.335. The highest BCUT2D eigenvalue weighted by molar-refractivity contribution is 4.82. The number of nitrogens with zero attached hydrogens (tertiary/aromatic N) is 2. The third-order valence-electron chi connectivity index (χ3n) is 10.5. The van der Waals surface area contributed by atoms with E-state index in [1.807, 2.05) is 0 Å². The van der Waals surface area contributed by atoms with Crippen LogP contribution in [-0.4, -0.2) is 53.9 Å². The standard InChI is InChI=1S/C41H84N2O/c1-3-5-7-9-11-13-15-17-19-21-23-25-27-29-31-33-36-42-38-39-43(37-34-40-44)41(42)35-32-30-28-26-24-22-20-18-16-14-12-10-8-6-4-2/h41,44H,3-40H2,1-2H3. The maximum Gasteiger partial charge on any atom is 0.0623 e. The molecule has 0 bridgehead atoms. The summed E-state index contributed by atoms with van der Waals surface area (Å²) in [5.41, 5.74) is 0. The van der Waals surface area contributed by atoms with E-state index in [1.54, 1.807) is 0 Å². The van der Waals surface area contributed by atoms with Crippen LogP contribution in [-0.2, 0) is 0 Å². The van der Waals surface area contributed by atoms with Gasteiger partial charge in [-0.15, -0.1) is 0 Å². The summed E-state index contributed by atoms with van der Waals surface area (Å²) >= 11 is 0. The highest BCUT2D eigenvalue weighted by Crippen LogP contribution is 2.23. The molecule has 44 heavy (non-hydrogen) atoms. The van der Waals surface area contributed by atoms with Gasteiger partial charge in [0.15, 0.2) is 0 Å². The van der Waals surface area contributed by atoms with Gasteiger partial charge in [0.1, 0.15) is 0 Å². The summed E-state index contributed by atoms with van der Waals surface area (Å²) in [7, 11) is 0. The Labute approximate surface area is 279 Å². The zero-order valence-electron chi connectivity index (χ0n) is 30.8. The van der Waals surface area contributed by atoms with E-state index in [0.717, 1.165) is 13.0 Å². The van der Waals surface area contributed by atoms with Gasteiger partial charge in [-0.25, -0.2) is 0 Å². The normalized spacial score (nSPS) is 16.0. The molecular formula is C41H84N2O. The smallest absolute Gasteiger partial charge is 0.0623 e. The maximum absolute atomic E-state index is 9.41. The number of aliphatic hydroxyl groups is 1. The summed E-state index contributed by atoms with van der Waals surface area (Å²) in [5, 5.41) is 9.41. The fraction of sp³-hybridized carbons (Fsp3) is 1.00. The molecule has 264 valence electrons. The summed E-state index contributed by atoms with van der Waals surface area (Å²) in [4.78, 5) is 5.48. The van der Waals surface area contributed by atoms with E-state index < -0.39 is 0 Å². The molecule has 3 nitrogen and oxygen atoms in total. The zero-order valence-corrected chi connectivity index (χ0v) is 30.8. The molecule has 0 aromatic heterocycles. The molecule has 0 aromatic rings. The fourth-order valence-electron chi connectivity index (χ4n) is 7.51. The Kier molecular flexibility index (Phi) is 32.6. The van der Waals surface area contributed by atoms with E-state index >= 15 is 0 Å². The maximum atomic E-state index is 9.41. The minimum absolute atomic E-state index is 0.335. The van der Waals surface area contributed by atoms with Crippen LogP contribution in [0.15, 0.2) is 0 Å². The molecule has 3 heteroatoms. The van der Waals surface area contributed by atoms with Crippen molar-refractivity contribution in [1.82, 2.24) is 9.80 Å². The second-order valence-corrected chi connectivity index (χ2v) is 14.7. The van der Waals surface area contributed by atoms with Crippen LogP contribution in [0.2, 0.25) is 0 Å². The van der Waals surface area contributed by atoms with Crippen molar-refractivity contribution in [1.29, 1.82) is 0 Å². The summed E-state index contributed by atoms with van der Waals surface area (Å²) in [6.45, 7) is 9.77. The largest absolute Gasteiger partial charge is 0.396 e. The molecule has 1 unspecified atom stereocenters. The Morgan fingerprint density at radius 1 is 0.364 bits per heavy atom. The molecule has 1 aliphatic rings. The molecule has 0 radical (unpaired) electrons. The van der Waals surface area contributed by atoms with Gasteiger partial charge in [-0.2, -0.15) is 0 Å². The quantitative estimate of drug-likeness (QED) is 0.0706. The van der Waals surface area contributed by atoms with E-state index in [9.17, 15) is 5.11 Å². The minimum Gasteiger partial charge on any atom is -0.396 e. The molecule has 1 atom stereocenters. The van der Waals surface area contributed by atoms with Crippen LogP contribution in [0.3, 0.4) is 0 Å². The third kappa shape index (κ3) is 26.0. The van der Waals surface area contributed by atoms with Crippen molar-refractivity contribution >= 4 is 0 Å². The first kappa shape index (κ1) is 41.9. The van der Waals surface area contributed by atoms with Crippen LogP contribution < -0.4 is 0 Å². The summed E-state index contributed by atoms with van der Waals surface area (Å²) < 4.78 is 0. The Morgan fingerprint density at radius 2 is 0.636 bits per heavy atom. The molecule has 1 aliphatic heterocycles. The average molecular weight is 621 g/mol. The summed E-state index contributed by atoms with van der Waals surface area (Å²) in [6, 6.07) is 0. The Hall–Kier alpha value is -0.120. The molecule has 0 aromatic carbocycles. The predicted octanol–water partition coefficient (Wildman–Crippen LogP) is 12.8. The van der Waals surface area contributed by atoms with Gasteiger partial charge in [-0.05, 0) is 25.8 Å². The molecule has 0 aliphatic carbocycles. The molecule has 1 heterocycles. The van der Waals surface area contributed by atoms with Crippen LogP contribution in [0, 0.1) is 0 Å². The number of aliphatic hydroxyl groups excluding tert-OH is 1. The van der Waals surface area contributed by atoms with Gasteiger partial charge in [0, 0.05) is 26.2 Å². The van der Waals surface area contributed by atoms with Crippen molar-refractivity contribution < 1.29 is 5.11 Å². The number of hydrogen-bond acceptors (Lipinski definition) is 3. The van der Waals surface area contributed by atoms with Crippen molar-refractivity contribution in [2.75, 3.05) is 32.8 Å². The van der Waals surface area contributed by atoms with Gasteiger partial charge in [0.25, 0.3) is 0 Å². The van der Waals surface area contributed by atoms with E-state index in [4.69, 9.17) is 0 Å². The molecule has 1 saturated heterocycles. The lowest BCUT2D eigenvalue weighted by Gasteiger charge is -2.30. The van der Waals surface area contributed by atoms with E-state index in [2.05, 4.69) is 23.6 Å². The second-order valence-electron chi connectivity index (χ2n) is 14.7. The van der Waals surface area contributed by atoms with Crippen molar-refractivity contribution in [3.05, 3.63) is 0 Å². The Morgan fingerprint density at radius 3 is 0.955 bits per heavy atom. The van der Waals surface area contributed by atoms with E-state index in [1.165, 1.54) is 225 Å². The fourth-order valence-corrected chi connectivity index (χ4v) is 7.51. The van der Waals surface area contributed by atoms with Gasteiger partial charge in [0.05, 0.1) is 6.17 Å². The second kappa shape index (κ2) is 34.2. The summed E-state index contributed by atoms with van der Waals surface area (Å²) in [6.07, 6.45) is 47.7. The highest BCUT2D eigenvalue weighted by atomic mass is 16.3. The SMILES string of the molecule is CCCCCCCCCCCCCCCCCCN1CCN(CCCO)C1CCCCCCCCCCCCCCCCC. The lowest BCUT2D eigenvalue weighted by Crippen LogP contribution is -2.39. The molecule has 0 saturated carbocycles. The average Bonchev–Trinajstić information content (AvgIpc) is 3.42. The van der Waals surface area contributed by atoms with Gasteiger partial charge in [-0.3, -0.25) is 9.80 Å². The van der Waals surface area contributed by atoms with Gasteiger partial charge >= 0.3 is 0 Å². The lowest BCUT2D eigenvalue weighted by molar-refractivity contribution is 0.115. The van der Waals surface area contributed by atoms with Gasteiger partial charge < -0.3 is 5.11 Å². The molecule has 1 N–H and O–H groups in total. The molecular weight excluding hydrogens is 536 g/mol. The number of hydrogen-bond donors (Lipinski definition) is 1. The van der Waals surface area contributed by atoms with Crippen LogP contribution in [0.4, 0.5) is 0 Å².